The molecule has 2 heterocycles. The van der Waals surface area contributed by atoms with Crippen LogP contribution in [0.15, 0.2) is 12.3 Å². The third kappa shape index (κ3) is 1.05. The SMILES string of the molecule is Cn1c(C2CC2)nc2ccnc(Cl)c21. The molecule has 0 unspecified atom stereocenters. The minimum atomic E-state index is 0.546. The first-order valence-electron chi connectivity index (χ1n) is 4.74. The molecule has 4 heteroatoms. The van der Waals surface area contributed by atoms with Crippen LogP contribution < -0.4 is 0 Å². The molecule has 1 fully saturated rings. The lowest BCUT2D eigenvalue weighted by Crippen LogP contribution is -1.95. The van der Waals surface area contributed by atoms with Gasteiger partial charge in [-0.2, -0.15) is 0 Å². The Kier molecular flexibility index (Phi) is 1.59. The predicted molar refractivity (Wildman–Crippen MR) is 55.5 cm³/mol. The van der Waals surface area contributed by atoms with Crippen molar-refractivity contribution in [3.8, 4) is 0 Å². The molecule has 1 aliphatic rings. The highest BCUT2D eigenvalue weighted by molar-refractivity contribution is 6.33. The van der Waals surface area contributed by atoms with Crippen LogP contribution in [0.5, 0.6) is 0 Å². The Morgan fingerprint density at radius 2 is 2.29 bits per heavy atom. The number of hydrogen-bond acceptors (Lipinski definition) is 2. The number of imidazole rings is 1. The van der Waals surface area contributed by atoms with Crippen molar-refractivity contribution in [3.05, 3.63) is 23.2 Å². The van der Waals surface area contributed by atoms with Gasteiger partial charge in [0, 0.05) is 19.2 Å². The summed E-state index contributed by atoms with van der Waals surface area (Å²) in [6.45, 7) is 0. The molecule has 0 amide bonds. The summed E-state index contributed by atoms with van der Waals surface area (Å²) >= 11 is 6.03. The summed E-state index contributed by atoms with van der Waals surface area (Å²) in [6.07, 6.45) is 4.21. The van der Waals surface area contributed by atoms with E-state index in [2.05, 4.69) is 14.5 Å². The Morgan fingerprint density at radius 3 is 2.93 bits per heavy atom. The predicted octanol–water partition coefficient (Wildman–Crippen LogP) is 2.50. The van der Waals surface area contributed by atoms with E-state index < -0.39 is 0 Å². The summed E-state index contributed by atoms with van der Waals surface area (Å²) in [5.41, 5.74) is 1.91. The molecule has 0 bridgehead atoms. The monoisotopic (exact) mass is 207 g/mol. The van der Waals surface area contributed by atoms with Crippen LogP contribution in [0.3, 0.4) is 0 Å². The summed E-state index contributed by atoms with van der Waals surface area (Å²) < 4.78 is 2.07. The lowest BCUT2D eigenvalue weighted by molar-refractivity contribution is 0.819. The van der Waals surface area contributed by atoms with Crippen molar-refractivity contribution < 1.29 is 0 Å². The van der Waals surface area contributed by atoms with Gasteiger partial charge in [0.15, 0.2) is 5.15 Å². The fraction of sp³-hybridized carbons (Fsp3) is 0.400. The van der Waals surface area contributed by atoms with Crippen molar-refractivity contribution >= 4 is 22.6 Å². The summed E-state index contributed by atoms with van der Waals surface area (Å²) in [5, 5.41) is 0.546. The molecular weight excluding hydrogens is 198 g/mol. The molecule has 2 aromatic rings. The first-order chi connectivity index (χ1) is 6.77. The van der Waals surface area contributed by atoms with Gasteiger partial charge >= 0.3 is 0 Å². The number of pyridine rings is 1. The Morgan fingerprint density at radius 1 is 1.50 bits per heavy atom. The zero-order valence-corrected chi connectivity index (χ0v) is 8.62. The van der Waals surface area contributed by atoms with Gasteiger partial charge in [-0.3, -0.25) is 0 Å². The number of nitrogens with zero attached hydrogens (tertiary/aromatic N) is 3. The second-order valence-electron chi connectivity index (χ2n) is 3.77. The van der Waals surface area contributed by atoms with Crippen LogP contribution in [0.4, 0.5) is 0 Å². The minimum absolute atomic E-state index is 0.546. The van der Waals surface area contributed by atoms with Crippen LogP contribution in [0.2, 0.25) is 5.15 Å². The van der Waals surface area contributed by atoms with E-state index in [0.717, 1.165) is 16.9 Å². The van der Waals surface area contributed by atoms with Crippen LogP contribution in [0.25, 0.3) is 11.0 Å². The van der Waals surface area contributed by atoms with Gasteiger partial charge in [-0.05, 0) is 18.9 Å². The van der Waals surface area contributed by atoms with E-state index in [1.165, 1.54) is 12.8 Å². The highest BCUT2D eigenvalue weighted by Crippen LogP contribution is 2.40. The fourth-order valence-corrected chi connectivity index (χ4v) is 2.12. The highest BCUT2D eigenvalue weighted by atomic mass is 35.5. The fourth-order valence-electron chi connectivity index (χ4n) is 1.84. The largest absolute Gasteiger partial charge is 0.328 e. The second kappa shape index (κ2) is 2.70. The van der Waals surface area contributed by atoms with Gasteiger partial charge in [0.1, 0.15) is 11.3 Å². The van der Waals surface area contributed by atoms with Crippen LogP contribution in [-0.4, -0.2) is 14.5 Å². The Labute approximate surface area is 86.7 Å². The molecule has 2 aromatic heterocycles. The number of aromatic nitrogens is 3. The van der Waals surface area contributed by atoms with Gasteiger partial charge in [0.25, 0.3) is 0 Å². The molecule has 0 aliphatic heterocycles. The average molecular weight is 208 g/mol. The van der Waals surface area contributed by atoms with Gasteiger partial charge < -0.3 is 4.57 Å². The minimum Gasteiger partial charge on any atom is -0.328 e. The van der Waals surface area contributed by atoms with Gasteiger partial charge in [-0.15, -0.1) is 0 Å². The molecule has 3 nitrogen and oxygen atoms in total. The van der Waals surface area contributed by atoms with E-state index >= 15 is 0 Å². The topological polar surface area (TPSA) is 30.7 Å². The van der Waals surface area contributed by atoms with Crippen molar-refractivity contribution in [1.82, 2.24) is 14.5 Å². The summed E-state index contributed by atoms with van der Waals surface area (Å²) in [5.74, 6) is 1.79. The number of aryl methyl sites for hydroxylation is 1. The Bertz CT molecular complexity index is 499. The first-order valence-corrected chi connectivity index (χ1v) is 5.12. The third-order valence-corrected chi connectivity index (χ3v) is 2.99. The van der Waals surface area contributed by atoms with Gasteiger partial charge in [0.2, 0.25) is 0 Å². The highest BCUT2D eigenvalue weighted by Gasteiger charge is 2.29. The van der Waals surface area contributed by atoms with Crippen molar-refractivity contribution in [2.75, 3.05) is 0 Å². The zero-order valence-electron chi connectivity index (χ0n) is 7.87. The van der Waals surface area contributed by atoms with E-state index in [-0.39, 0.29) is 0 Å². The van der Waals surface area contributed by atoms with Gasteiger partial charge in [0.05, 0.1) is 5.52 Å². The Balaban J connectivity index is 2.34. The molecule has 0 spiro atoms. The third-order valence-electron chi connectivity index (χ3n) is 2.71. The maximum atomic E-state index is 6.03. The zero-order chi connectivity index (χ0) is 9.71. The van der Waals surface area contributed by atoms with E-state index in [0.29, 0.717) is 11.1 Å². The molecule has 72 valence electrons. The maximum absolute atomic E-state index is 6.03. The molecule has 0 radical (unpaired) electrons. The number of rotatable bonds is 1. The number of hydrogen-bond donors (Lipinski definition) is 0. The van der Waals surface area contributed by atoms with Crippen molar-refractivity contribution in [2.24, 2.45) is 7.05 Å². The normalized spacial score (nSPS) is 16.4. The van der Waals surface area contributed by atoms with Crippen molar-refractivity contribution in [1.29, 1.82) is 0 Å². The van der Waals surface area contributed by atoms with Crippen molar-refractivity contribution in [2.45, 2.75) is 18.8 Å². The van der Waals surface area contributed by atoms with Crippen LogP contribution >= 0.6 is 11.6 Å². The van der Waals surface area contributed by atoms with E-state index in [4.69, 9.17) is 11.6 Å². The molecule has 1 aliphatic carbocycles. The smallest absolute Gasteiger partial charge is 0.154 e. The molecular formula is C10H10ClN3. The first kappa shape index (κ1) is 8.24. The lowest BCUT2D eigenvalue weighted by Gasteiger charge is -1.99. The summed E-state index contributed by atoms with van der Waals surface area (Å²) in [7, 11) is 2.01. The van der Waals surface area contributed by atoms with Gasteiger partial charge in [-0.25, -0.2) is 9.97 Å². The molecule has 0 aromatic carbocycles. The quantitative estimate of drug-likeness (QED) is 0.673. The standard InChI is InChI=1S/C10H10ClN3/c1-14-8-7(4-5-12-9(8)11)13-10(14)6-2-3-6/h4-6H,2-3H2,1H3. The lowest BCUT2D eigenvalue weighted by atomic mass is 10.4. The summed E-state index contributed by atoms with van der Waals surface area (Å²) in [6, 6.07) is 1.91. The average Bonchev–Trinajstić information content (AvgIpc) is 2.93. The van der Waals surface area contributed by atoms with Crippen LogP contribution in [-0.2, 0) is 7.05 Å². The maximum Gasteiger partial charge on any atom is 0.154 e. The summed E-state index contributed by atoms with van der Waals surface area (Å²) in [4.78, 5) is 8.64. The molecule has 0 N–H and O–H groups in total. The van der Waals surface area contributed by atoms with E-state index in [1.54, 1.807) is 6.20 Å². The molecule has 14 heavy (non-hydrogen) atoms. The molecule has 0 atom stereocenters. The number of halogens is 1. The number of fused-ring (bicyclic) bond motifs is 1. The van der Waals surface area contributed by atoms with Crippen LogP contribution in [0.1, 0.15) is 24.6 Å². The van der Waals surface area contributed by atoms with E-state index in [9.17, 15) is 0 Å². The molecule has 1 saturated carbocycles. The van der Waals surface area contributed by atoms with E-state index in [1.807, 2.05) is 13.1 Å². The van der Waals surface area contributed by atoms with Gasteiger partial charge in [-0.1, -0.05) is 11.6 Å². The van der Waals surface area contributed by atoms with Crippen LogP contribution in [0, 0.1) is 0 Å². The molecule has 3 rings (SSSR count). The Hall–Kier alpha value is -1.09. The molecule has 0 saturated heterocycles. The van der Waals surface area contributed by atoms with Crippen molar-refractivity contribution in [3.63, 3.8) is 0 Å². The second-order valence-corrected chi connectivity index (χ2v) is 4.13.